The van der Waals surface area contributed by atoms with Gasteiger partial charge in [-0.25, -0.2) is 0 Å². The van der Waals surface area contributed by atoms with Crippen LogP contribution in [0, 0.1) is 0 Å². The van der Waals surface area contributed by atoms with Crippen LogP contribution in [0.1, 0.15) is 35.3 Å². The van der Waals surface area contributed by atoms with E-state index in [4.69, 9.17) is 19.1 Å². The molecule has 5 nitrogen and oxygen atoms in total. The zero-order valence-electron chi connectivity index (χ0n) is 22.5. The molecule has 5 aromatic rings. The maximum atomic E-state index is 9.00. The maximum Gasteiger partial charge on any atom is 0.300 e. The number of para-hydroxylation sites is 1. The van der Waals surface area contributed by atoms with Crippen molar-refractivity contribution in [3.05, 3.63) is 138 Å². The van der Waals surface area contributed by atoms with E-state index in [2.05, 4.69) is 95.9 Å². The average molecular weight is 522 g/mol. The standard InChI is InChI=1S/C32H31NO2.C2H4O2/c1-34-29-18-16-25(17-19-29)23-33(21-20-30-22-28-14-8-9-15-32(28)35-30)24-31(26-10-4-2-5-11-26)27-12-6-3-7-13-27;1-2(3)4/h2-19,22,31H,20-21,23-24H2,1H3;1H3,(H,3,4). The van der Waals surface area contributed by atoms with Crippen molar-refractivity contribution < 1.29 is 19.1 Å². The predicted molar refractivity (Wildman–Crippen MR) is 156 cm³/mol. The van der Waals surface area contributed by atoms with Crippen LogP contribution in [-0.2, 0) is 17.8 Å². The van der Waals surface area contributed by atoms with Crippen LogP contribution in [0.25, 0.3) is 11.0 Å². The molecule has 0 aliphatic carbocycles. The van der Waals surface area contributed by atoms with Crippen LogP contribution in [-0.4, -0.2) is 36.2 Å². The maximum absolute atomic E-state index is 9.00. The van der Waals surface area contributed by atoms with Crippen molar-refractivity contribution >= 4 is 16.9 Å². The summed E-state index contributed by atoms with van der Waals surface area (Å²) in [4.78, 5) is 11.5. The molecule has 0 amide bonds. The minimum absolute atomic E-state index is 0.284. The van der Waals surface area contributed by atoms with Crippen molar-refractivity contribution in [2.45, 2.75) is 25.8 Å². The van der Waals surface area contributed by atoms with Gasteiger partial charge in [0.2, 0.25) is 0 Å². The van der Waals surface area contributed by atoms with Crippen molar-refractivity contribution in [1.29, 1.82) is 0 Å². The van der Waals surface area contributed by atoms with Crippen LogP contribution < -0.4 is 4.74 Å². The Kier molecular flexibility index (Phi) is 9.92. The molecule has 39 heavy (non-hydrogen) atoms. The Morgan fingerprint density at radius 3 is 1.97 bits per heavy atom. The van der Waals surface area contributed by atoms with Crippen LogP contribution >= 0.6 is 0 Å². The first-order valence-electron chi connectivity index (χ1n) is 13.1. The Bertz CT molecular complexity index is 1350. The first-order chi connectivity index (χ1) is 19.0. The zero-order chi connectivity index (χ0) is 27.5. The lowest BCUT2D eigenvalue weighted by atomic mass is 9.90. The molecule has 0 atom stereocenters. The molecule has 0 unspecified atom stereocenters. The third-order valence-corrected chi connectivity index (χ3v) is 6.56. The lowest BCUT2D eigenvalue weighted by Crippen LogP contribution is -2.31. The number of benzene rings is 4. The number of carboxylic acid groups (broad SMARTS) is 1. The summed E-state index contributed by atoms with van der Waals surface area (Å²) < 4.78 is 11.5. The Morgan fingerprint density at radius 1 is 0.846 bits per heavy atom. The van der Waals surface area contributed by atoms with Gasteiger partial charge in [-0.05, 0) is 41.0 Å². The number of methoxy groups -OCH3 is 1. The van der Waals surface area contributed by atoms with E-state index in [0.717, 1.165) is 55.5 Å². The summed E-state index contributed by atoms with van der Waals surface area (Å²) in [7, 11) is 1.71. The molecule has 0 bridgehead atoms. The fraction of sp³-hybridized carbons (Fsp3) is 0.206. The van der Waals surface area contributed by atoms with Gasteiger partial charge < -0.3 is 14.3 Å². The minimum atomic E-state index is -0.833. The number of carboxylic acids is 1. The molecule has 4 aromatic carbocycles. The number of nitrogens with zero attached hydrogens (tertiary/aromatic N) is 1. The predicted octanol–water partition coefficient (Wildman–Crippen LogP) is 7.41. The van der Waals surface area contributed by atoms with Gasteiger partial charge in [-0.2, -0.15) is 0 Å². The third kappa shape index (κ3) is 8.32. The summed E-state index contributed by atoms with van der Waals surface area (Å²) in [6, 6.07) is 40.5. The number of ether oxygens (including phenoxy) is 1. The first-order valence-corrected chi connectivity index (χ1v) is 13.1. The zero-order valence-corrected chi connectivity index (χ0v) is 22.5. The number of aliphatic carboxylic acids is 1. The van der Waals surface area contributed by atoms with Gasteiger partial charge in [-0.3, -0.25) is 9.69 Å². The molecule has 0 aliphatic heterocycles. The third-order valence-electron chi connectivity index (χ3n) is 6.56. The quantitative estimate of drug-likeness (QED) is 0.207. The van der Waals surface area contributed by atoms with Gasteiger partial charge in [-0.15, -0.1) is 0 Å². The first kappa shape index (κ1) is 27.7. The van der Waals surface area contributed by atoms with Crippen molar-refractivity contribution in [2.75, 3.05) is 20.2 Å². The monoisotopic (exact) mass is 521 g/mol. The van der Waals surface area contributed by atoms with E-state index in [1.54, 1.807) is 7.11 Å². The molecular formula is C34H35NO4. The van der Waals surface area contributed by atoms with Crippen LogP contribution in [0.4, 0.5) is 0 Å². The smallest absolute Gasteiger partial charge is 0.300 e. The van der Waals surface area contributed by atoms with Gasteiger partial charge in [0.15, 0.2) is 0 Å². The van der Waals surface area contributed by atoms with E-state index in [1.807, 2.05) is 24.3 Å². The van der Waals surface area contributed by atoms with E-state index in [1.165, 1.54) is 16.7 Å². The Hall–Kier alpha value is -4.35. The second kappa shape index (κ2) is 14.0. The largest absolute Gasteiger partial charge is 0.497 e. The van der Waals surface area contributed by atoms with Gasteiger partial charge >= 0.3 is 0 Å². The second-order valence-electron chi connectivity index (χ2n) is 9.48. The molecule has 0 aliphatic rings. The molecule has 200 valence electrons. The molecule has 0 saturated carbocycles. The minimum Gasteiger partial charge on any atom is -0.497 e. The van der Waals surface area contributed by atoms with E-state index in [9.17, 15) is 0 Å². The van der Waals surface area contributed by atoms with Crippen molar-refractivity contribution in [2.24, 2.45) is 0 Å². The molecule has 1 N–H and O–H groups in total. The highest BCUT2D eigenvalue weighted by Crippen LogP contribution is 2.27. The van der Waals surface area contributed by atoms with E-state index >= 15 is 0 Å². The summed E-state index contributed by atoms with van der Waals surface area (Å²) in [5.74, 6) is 1.36. The molecule has 0 fully saturated rings. The summed E-state index contributed by atoms with van der Waals surface area (Å²) in [6.45, 7) is 3.77. The van der Waals surface area contributed by atoms with Crippen molar-refractivity contribution in [1.82, 2.24) is 4.90 Å². The average Bonchev–Trinajstić information content (AvgIpc) is 3.38. The number of rotatable bonds is 10. The van der Waals surface area contributed by atoms with Crippen LogP contribution in [0.2, 0.25) is 0 Å². The molecule has 5 rings (SSSR count). The fourth-order valence-corrected chi connectivity index (χ4v) is 4.68. The molecule has 0 spiro atoms. The molecule has 1 aromatic heterocycles. The normalized spacial score (nSPS) is 10.9. The highest BCUT2D eigenvalue weighted by Gasteiger charge is 2.19. The summed E-state index contributed by atoms with van der Waals surface area (Å²) >= 11 is 0. The summed E-state index contributed by atoms with van der Waals surface area (Å²) in [6.07, 6.45) is 0.862. The Labute approximate surface area is 230 Å². The second-order valence-corrected chi connectivity index (χ2v) is 9.48. The fourth-order valence-electron chi connectivity index (χ4n) is 4.68. The van der Waals surface area contributed by atoms with Gasteiger partial charge in [-0.1, -0.05) is 91.0 Å². The number of furan rings is 1. The Morgan fingerprint density at radius 2 is 1.41 bits per heavy atom. The van der Waals surface area contributed by atoms with Gasteiger partial charge in [0.25, 0.3) is 5.97 Å². The number of fused-ring (bicyclic) bond motifs is 1. The molecular weight excluding hydrogens is 486 g/mol. The van der Waals surface area contributed by atoms with Gasteiger partial charge in [0.05, 0.1) is 7.11 Å². The van der Waals surface area contributed by atoms with Crippen molar-refractivity contribution in [3.63, 3.8) is 0 Å². The lowest BCUT2D eigenvalue weighted by molar-refractivity contribution is -0.134. The van der Waals surface area contributed by atoms with E-state index < -0.39 is 5.97 Å². The number of carbonyl (C=O) groups is 1. The molecule has 0 saturated heterocycles. The Balaban J connectivity index is 0.000000826. The lowest BCUT2D eigenvalue weighted by Gasteiger charge is -2.28. The van der Waals surface area contributed by atoms with E-state index in [0.29, 0.717) is 0 Å². The van der Waals surface area contributed by atoms with Gasteiger partial charge in [0.1, 0.15) is 17.1 Å². The van der Waals surface area contributed by atoms with Crippen LogP contribution in [0.3, 0.4) is 0 Å². The summed E-state index contributed by atoms with van der Waals surface area (Å²) in [5.41, 5.74) is 4.90. The highest BCUT2D eigenvalue weighted by molar-refractivity contribution is 5.77. The van der Waals surface area contributed by atoms with Crippen LogP contribution in [0.15, 0.2) is 120 Å². The summed E-state index contributed by atoms with van der Waals surface area (Å²) in [5, 5.41) is 8.58. The highest BCUT2D eigenvalue weighted by atomic mass is 16.5. The van der Waals surface area contributed by atoms with Gasteiger partial charge in [0, 0.05) is 44.3 Å². The molecule has 5 heteroatoms. The van der Waals surface area contributed by atoms with E-state index in [-0.39, 0.29) is 5.92 Å². The SMILES string of the molecule is CC(=O)O.COc1ccc(CN(CCc2cc3ccccc3o2)CC(c2ccccc2)c2ccccc2)cc1. The number of hydrogen-bond donors (Lipinski definition) is 1. The molecule has 1 heterocycles. The van der Waals surface area contributed by atoms with Crippen molar-refractivity contribution in [3.8, 4) is 5.75 Å². The van der Waals surface area contributed by atoms with Crippen LogP contribution in [0.5, 0.6) is 5.75 Å². The molecule has 0 radical (unpaired) electrons. The number of hydrogen-bond acceptors (Lipinski definition) is 4. The topological polar surface area (TPSA) is 62.9 Å².